The second-order valence-electron chi connectivity index (χ2n) is 4.98. The van der Waals surface area contributed by atoms with Crippen molar-refractivity contribution in [1.82, 2.24) is 9.55 Å². The van der Waals surface area contributed by atoms with Crippen LogP contribution in [0, 0.1) is 6.92 Å². The normalized spacial score (nSPS) is 36.9. The highest BCUT2D eigenvalue weighted by Crippen LogP contribution is 2.43. The number of rotatable bonds is 2. The first-order chi connectivity index (χ1) is 8.98. The Morgan fingerprint density at radius 1 is 1.63 bits per heavy atom. The highest BCUT2D eigenvalue weighted by molar-refractivity contribution is 5.09. The van der Waals surface area contributed by atoms with Gasteiger partial charge in [-0.25, -0.2) is 4.79 Å². The van der Waals surface area contributed by atoms with E-state index in [1.807, 2.05) is 0 Å². The zero-order valence-electron chi connectivity index (χ0n) is 10.3. The number of H-pyrrole nitrogens is 1. The molecular formula is C11H15N3O5. The Kier molecular flexibility index (Phi) is 2.65. The molecule has 0 radical (unpaired) electrons. The summed E-state index contributed by atoms with van der Waals surface area (Å²) in [5.74, 6) is 0. The van der Waals surface area contributed by atoms with Crippen molar-refractivity contribution in [2.75, 3.05) is 13.2 Å². The van der Waals surface area contributed by atoms with Crippen LogP contribution in [0.15, 0.2) is 15.8 Å². The summed E-state index contributed by atoms with van der Waals surface area (Å²) in [5.41, 5.74) is 3.98. The van der Waals surface area contributed by atoms with Crippen LogP contribution in [0.3, 0.4) is 0 Å². The molecule has 1 aromatic heterocycles. The minimum Gasteiger partial charge on any atom is -0.387 e. The maximum atomic E-state index is 11.8. The molecule has 8 nitrogen and oxygen atoms in total. The van der Waals surface area contributed by atoms with Gasteiger partial charge >= 0.3 is 5.69 Å². The molecule has 4 atom stereocenters. The lowest BCUT2D eigenvalue weighted by molar-refractivity contribution is -0.170. The van der Waals surface area contributed by atoms with E-state index in [2.05, 4.69) is 4.98 Å². The Morgan fingerprint density at radius 3 is 3.00 bits per heavy atom. The van der Waals surface area contributed by atoms with Crippen LogP contribution in [0.1, 0.15) is 11.8 Å². The lowest BCUT2D eigenvalue weighted by Gasteiger charge is -2.30. The van der Waals surface area contributed by atoms with Gasteiger partial charge in [-0.3, -0.25) is 14.3 Å². The third kappa shape index (κ3) is 1.61. The molecule has 2 aliphatic heterocycles. The molecule has 3 heterocycles. The Bertz CT molecular complexity index is 623. The predicted octanol–water partition coefficient (Wildman–Crippen LogP) is -2.17. The van der Waals surface area contributed by atoms with Crippen LogP contribution in [-0.4, -0.2) is 45.6 Å². The summed E-state index contributed by atoms with van der Waals surface area (Å²) in [6.07, 6.45) is -0.934. The van der Waals surface area contributed by atoms with Crippen molar-refractivity contribution in [2.45, 2.75) is 31.0 Å². The Balaban J connectivity index is 2.04. The standard InChI is InChI=1S/C11H15N3O5/c1-5-2-14(10(17)13-8(5)16)9-6-7(15)11(3-12,19-9)4-18-6/h2,6-7,9,15H,3-4,12H2,1H3,(H,13,16,17)/t6-,7?,9+,11-/m0/s1. The number of nitrogens with one attached hydrogen (secondary N) is 1. The molecule has 4 N–H and O–H groups in total. The quantitative estimate of drug-likeness (QED) is 0.562. The number of aromatic nitrogens is 2. The zero-order valence-corrected chi connectivity index (χ0v) is 10.3. The summed E-state index contributed by atoms with van der Waals surface area (Å²) in [6, 6.07) is 0. The molecule has 0 saturated carbocycles. The number of aryl methyl sites for hydroxylation is 1. The third-order valence-corrected chi connectivity index (χ3v) is 3.77. The van der Waals surface area contributed by atoms with Crippen molar-refractivity contribution >= 4 is 0 Å². The number of fused-ring (bicyclic) bond motifs is 2. The topological polar surface area (TPSA) is 120 Å². The lowest BCUT2D eigenvalue weighted by atomic mass is 10.00. The summed E-state index contributed by atoms with van der Waals surface area (Å²) in [5, 5.41) is 10.1. The summed E-state index contributed by atoms with van der Waals surface area (Å²) in [7, 11) is 0. The lowest BCUT2D eigenvalue weighted by Crippen LogP contribution is -2.47. The van der Waals surface area contributed by atoms with Crippen molar-refractivity contribution in [2.24, 2.45) is 5.73 Å². The van der Waals surface area contributed by atoms with Crippen LogP contribution in [-0.2, 0) is 9.47 Å². The first kappa shape index (κ1) is 12.5. The van der Waals surface area contributed by atoms with E-state index in [4.69, 9.17) is 15.2 Å². The fraction of sp³-hybridized carbons (Fsp3) is 0.636. The molecule has 0 spiro atoms. The van der Waals surface area contributed by atoms with Crippen LogP contribution < -0.4 is 17.0 Å². The highest BCUT2D eigenvalue weighted by atomic mass is 16.6. The van der Waals surface area contributed by atoms with Gasteiger partial charge in [-0.2, -0.15) is 0 Å². The van der Waals surface area contributed by atoms with E-state index >= 15 is 0 Å². The smallest absolute Gasteiger partial charge is 0.330 e. The van der Waals surface area contributed by atoms with E-state index in [-0.39, 0.29) is 13.2 Å². The van der Waals surface area contributed by atoms with Crippen molar-refractivity contribution < 1.29 is 14.6 Å². The number of aromatic amines is 1. The SMILES string of the molecule is Cc1cn([C@@H]2O[C@@]3(CN)CO[C@H]2C3O)c(=O)[nH]c1=O. The third-order valence-electron chi connectivity index (χ3n) is 3.77. The largest absolute Gasteiger partial charge is 0.387 e. The summed E-state index contributed by atoms with van der Waals surface area (Å²) in [4.78, 5) is 25.3. The Hall–Kier alpha value is -1.48. The Labute approximate surface area is 107 Å². The number of aliphatic hydroxyl groups excluding tert-OH is 1. The number of nitrogens with two attached hydrogens (primary N) is 1. The van der Waals surface area contributed by atoms with Gasteiger partial charge in [0, 0.05) is 18.3 Å². The monoisotopic (exact) mass is 269 g/mol. The number of hydrogen-bond donors (Lipinski definition) is 3. The molecule has 2 aliphatic rings. The van der Waals surface area contributed by atoms with E-state index in [9.17, 15) is 14.7 Å². The van der Waals surface area contributed by atoms with Crippen molar-refractivity contribution in [1.29, 1.82) is 0 Å². The first-order valence-electron chi connectivity index (χ1n) is 5.98. The number of hydrogen-bond acceptors (Lipinski definition) is 6. The van der Waals surface area contributed by atoms with Gasteiger partial charge in [-0.15, -0.1) is 0 Å². The summed E-state index contributed by atoms with van der Waals surface area (Å²) < 4.78 is 12.4. The van der Waals surface area contributed by atoms with Crippen molar-refractivity contribution in [3.05, 3.63) is 32.6 Å². The van der Waals surface area contributed by atoms with Gasteiger partial charge in [0.05, 0.1) is 6.61 Å². The van der Waals surface area contributed by atoms with Crippen LogP contribution >= 0.6 is 0 Å². The van der Waals surface area contributed by atoms with Gasteiger partial charge < -0.3 is 20.3 Å². The maximum Gasteiger partial charge on any atom is 0.330 e. The molecule has 2 saturated heterocycles. The predicted molar refractivity (Wildman–Crippen MR) is 63.7 cm³/mol. The van der Waals surface area contributed by atoms with Gasteiger partial charge in [-0.05, 0) is 6.92 Å². The van der Waals surface area contributed by atoms with Gasteiger partial charge in [-0.1, -0.05) is 0 Å². The minimum absolute atomic E-state index is 0.0955. The molecular weight excluding hydrogens is 254 g/mol. The number of ether oxygens (including phenoxy) is 2. The summed E-state index contributed by atoms with van der Waals surface area (Å²) >= 11 is 0. The molecule has 2 bridgehead atoms. The molecule has 104 valence electrons. The van der Waals surface area contributed by atoms with Crippen LogP contribution in [0.25, 0.3) is 0 Å². The highest BCUT2D eigenvalue weighted by Gasteiger charge is 2.61. The number of nitrogens with zero attached hydrogens (tertiary/aromatic N) is 1. The van der Waals surface area contributed by atoms with Crippen molar-refractivity contribution in [3.63, 3.8) is 0 Å². The van der Waals surface area contributed by atoms with Crippen LogP contribution in [0.5, 0.6) is 0 Å². The first-order valence-corrected chi connectivity index (χ1v) is 5.98. The van der Waals surface area contributed by atoms with E-state index in [1.165, 1.54) is 10.8 Å². The molecule has 3 rings (SSSR count). The maximum absolute atomic E-state index is 11.8. The van der Waals surface area contributed by atoms with Gasteiger partial charge in [0.2, 0.25) is 0 Å². The zero-order chi connectivity index (χ0) is 13.8. The second kappa shape index (κ2) is 4.01. The van der Waals surface area contributed by atoms with Gasteiger partial charge in [0.25, 0.3) is 5.56 Å². The number of aliphatic hydroxyl groups is 1. The molecule has 0 amide bonds. The molecule has 2 fully saturated rings. The molecule has 1 aromatic rings. The molecule has 0 aromatic carbocycles. The second-order valence-corrected chi connectivity index (χ2v) is 4.98. The van der Waals surface area contributed by atoms with E-state index in [0.717, 1.165) is 0 Å². The Morgan fingerprint density at radius 2 is 2.37 bits per heavy atom. The molecule has 1 unspecified atom stereocenters. The van der Waals surface area contributed by atoms with Gasteiger partial charge in [0.15, 0.2) is 6.23 Å². The van der Waals surface area contributed by atoms with Crippen LogP contribution in [0.4, 0.5) is 0 Å². The minimum atomic E-state index is -0.973. The fourth-order valence-electron chi connectivity index (χ4n) is 2.58. The van der Waals surface area contributed by atoms with Crippen LogP contribution in [0.2, 0.25) is 0 Å². The van der Waals surface area contributed by atoms with Gasteiger partial charge in [0.1, 0.15) is 17.8 Å². The van der Waals surface area contributed by atoms with Crippen molar-refractivity contribution in [3.8, 4) is 0 Å². The summed E-state index contributed by atoms with van der Waals surface area (Å²) in [6.45, 7) is 1.87. The molecule has 0 aliphatic carbocycles. The van der Waals surface area contributed by atoms with E-state index in [1.54, 1.807) is 6.92 Å². The molecule has 19 heavy (non-hydrogen) atoms. The average Bonchev–Trinajstić information content (AvgIpc) is 2.85. The average molecular weight is 269 g/mol. The fourth-order valence-corrected chi connectivity index (χ4v) is 2.58. The van der Waals surface area contributed by atoms with E-state index in [0.29, 0.717) is 5.56 Å². The van der Waals surface area contributed by atoms with E-state index < -0.39 is 35.3 Å². The molecule has 8 heteroatoms.